The van der Waals surface area contributed by atoms with E-state index < -0.39 is 0 Å². The number of carbonyl (C=O) groups is 1. The fraction of sp³-hybridized carbons (Fsp3) is 0.143. The van der Waals surface area contributed by atoms with Crippen LogP contribution in [0.5, 0.6) is 0 Å². The Morgan fingerprint density at radius 1 is 0.781 bits per heavy atom. The second-order valence-electron chi connectivity index (χ2n) is 7.53. The zero-order chi connectivity index (χ0) is 22.5. The van der Waals surface area contributed by atoms with E-state index in [1.807, 2.05) is 68.4 Å². The van der Waals surface area contributed by atoms with Crippen molar-refractivity contribution >= 4 is 33.3 Å². The summed E-state index contributed by atoms with van der Waals surface area (Å²) in [5, 5.41) is 10.3. The standard InChI is InChI=1S/C26H21N3O.C2H6/c27-26-25-23(11-6-12-24(25)28-29-26)22-14-13-18(20-9-4-5-10-21(20)22)16-19(30)15-17-7-2-1-3-8-17;1-2/h1-14H,15-16H2,(H3,27,28,29);1-2H3. The van der Waals surface area contributed by atoms with E-state index in [0.717, 1.165) is 43.9 Å². The molecule has 3 N–H and O–H groups in total. The molecule has 0 atom stereocenters. The van der Waals surface area contributed by atoms with E-state index in [2.05, 4.69) is 40.5 Å². The lowest BCUT2D eigenvalue weighted by Gasteiger charge is -2.12. The summed E-state index contributed by atoms with van der Waals surface area (Å²) in [5.74, 6) is 0.701. The zero-order valence-corrected chi connectivity index (χ0v) is 18.4. The minimum Gasteiger partial charge on any atom is -0.382 e. The first kappa shape index (κ1) is 21.3. The first-order valence-corrected chi connectivity index (χ1v) is 11.0. The SMILES string of the molecule is CC.Nc1n[nH]c2cccc(-c3ccc(CC(=O)Cc4ccccc4)c4ccccc34)c12. The Balaban J connectivity index is 0.00000119. The van der Waals surface area contributed by atoms with Crippen molar-refractivity contribution in [1.82, 2.24) is 10.2 Å². The highest BCUT2D eigenvalue weighted by Gasteiger charge is 2.15. The van der Waals surface area contributed by atoms with Gasteiger partial charge in [0.25, 0.3) is 0 Å². The van der Waals surface area contributed by atoms with Gasteiger partial charge in [0.2, 0.25) is 0 Å². The molecule has 1 aromatic heterocycles. The molecule has 5 rings (SSSR count). The van der Waals surface area contributed by atoms with Crippen molar-refractivity contribution in [2.45, 2.75) is 26.7 Å². The summed E-state index contributed by atoms with van der Waals surface area (Å²) in [6.07, 6.45) is 0.857. The zero-order valence-electron chi connectivity index (χ0n) is 18.4. The fourth-order valence-corrected chi connectivity index (χ4v) is 4.17. The van der Waals surface area contributed by atoms with E-state index >= 15 is 0 Å². The number of rotatable bonds is 5. The summed E-state index contributed by atoms with van der Waals surface area (Å²) >= 11 is 0. The number of nitrogen functional groups attached to an aromatic ring is 1. The van der Waals surface area contributed by atoms with Gasteiger partial charge in [-0.05, 0) is 39.1 Å². The molecule has 4 nitrogen and oxygen atoms in total. The highest BCUT2D eigenvalue weighted by molar-refractivity contribution is 6.09. The number of fused-ring (bicyclic) bond motifs is 2. The lowest BCUT2D eigenvalue weighted by molar-refractivity contribution is -0.117. The van der Waals surface area contributed by atoms with Crippen LogP contribution in [-0.2, 0) is 17.6 Å². The maximum atomic E-state index is 12.7. The first-order valence-electron chi connectivity index (χ1n) is 11.0. The van der Waals surface area contributed by atoms with Crippen molar-refractivity contribution in [3.8, 4) is 11.1 Å². The maximum absolute atomic E-state index is 12.7. The summed E-state index contributed by atoms with van der Waals surface area (Å²) in [5.41, 5.74) is 11.3. The number of aromatic amines is 1. The Morgan fingerprint density at radius 3 is 2.28 bits per heavy atom. The molecule has 4 aromatic carbocycles. The van der Waals surface area contributed by atoms with Gasteiger partial charge in [0.05, 0.1) is 10.9 Å². The Morgan fingerprint density at radius 2 is 1.50 bits per heavy atom. The van der Waals surface area contributed by atoms with Crippen molar-refractivity contribution in [3.63, 3.8) is 0 Å². The smallest absolute Gasteiger partial charge is 0.153 e. The Kier molecular flexibility index (Phi) is 6.31. The maximum Gasteiger partial charge on any atom is 0.153 e. The molecule has 4 heteroatoms. The molecular formula is C28H27N3O. The lowest BCUT2D eigenvalue weighted by atomic mass is 9.91. The molecule has 0 fully saturated rings. The Labute approximate surface area is 188 Å². The quantitative estimate of drug-likeness (QED) is 0.347. The molecule has 0 saturated heterocycles. The summed E-state index contributed by atoms with van der Waals surface area (Å²) in [6, 6.07) is 28.3. The van der Waals surface area contributed by atoms with E-state index in [9.17, 15) is 4.79 Å². The van der Waals surface area contributed by atoms with Crippen LogP contribution in [0, 0.1) is 0 Å². The number of H-pyrrole nitrogens is 1. The van der Waals surface area contributed by atoms with Crippen molar-refractivity contribution < 1.29 is 4.79 Å². The van der Waals surface area contributed by atoms with E-state index in [1.165, 1.54) is 0 Å². The number of nitrogens with zero attached hydrogens (tertiary/aromatic N) is 1. The molecule has 0 aliphatic rings. The van der Waals surface area contributed by atoms with Crippen LogP contribution < -0.4 is 5.73 Å². The molecule has 160 valence electrons. The highest BCUT2D eigenvalue weighted by atomic mass is 16.1. The van der Waals surface area contributed by atoms with Gasteiger partial charge in [-0.3, -0.25) is 9.89 Å². The third-order valence-electron chi connectivity index (χ3n) is 5.55. The van der Waals surface area contributed by atoms with Crippen LogP contribution >= 0.6 is 0 Å². The van der Waals surface area contributed by atoms with E-state index in [-0.39, 0.29) is 5.78 Å². The van der Waals surface area contributed by atoms with Gasteiger partial charge in [-0.25, -0.2) is 0 Å². The van der Waals surface area contributed by atoms with Gasteiger partial charge in [0.15, 0.2) is 5.82 Å². The predicted octanol–water partition coefficient (Wildman–Crippen LogP) is 6.35. The number of nitrogens with one attached hydrogen (secondary N) is 1. The number of hydrogen-bond donors (Lipinski definition) is 2. The van der Waals surface area contributed by atoms with Crippen LogP contribution in [0.4, 0.5) is 5.82 Å². The largest absolute Gasteiger partial charge is 0.382 e. The number of Topliss-reactive ketones (excluding diaryl/α,β-unsaturated/α-hetero) is 1. The fourth-order valence-electron chi connectivity index (χ4n) is 4.17. The van der Waals surface area contributed by atoms with Crippen molar-refractivity contribution in [2.24, 2.45) is 0 Å². The van der Waals surface area contributed by atoms with Gasteiger partial charge >= 0.3 is 0 Å². The van der Waals surface area contributed by atoms with Crippen LogP contribution in [0.1, 0.15) is 25.0 Å². The molecule has 0 radical (unpaired) electrons. The molecule has 0 aliphatic heterocycles. The monoisotopic (exact) mass is 421 g/mol. The van der Waals surface area contributed by atoms with E-state index in [4.69, 9.17) is 5.73 Å². The molecule has 0 saturated carbocycles. The summed E-state index contributed by atoms with van der Waals surface area (Å²) in [7, 11) is 0. The minimum atomic E-state index is 0.209. The molecule has 5 aromatic rings. The second kappa shape index (κ2) is 9.48. The average Bonchev–Trinajstić information content (AvgIpc) is 3.22. The Hall–Kier alpha value is -3.92. The number of nitrogens with two attached hydrogens (primary N) is 1. The van der Waals surface area contributed by atoms with Gasteiger partial charge in [0, 0.05) is 12.8 Å². The van der Waals surface area contributed by atoms with Gasteiger partial charge in [-0.2, -0.15) is 5.10 Å². The molecule has 1 heterocycles. The third-order valence-corrected chi connectivity index (χ3v) is 5.55. The number of aromatic nitrogens is 2. The third kappa shape index (κ3) is 4.12. The molecular weight excluding hydrogens is 394 g/mol. The number of benzene rings is 4. The number of carbonyl (C=O) groups excluding carboxylic acids is 1. The summed E-state index contributed by atoms with van der Waals surface area (Å²) in [4.78, 5) is 12.7. The second-order valence-corrected chi connectivity index (χ2v) is 7.53. The molecule has 0 amide bonds. The van der Waals surface area contributed by atoms with Crippen LogP contribution in [0.2, 0.25) is 0 Å². The number of ketones is 1. The van der Waals surface area contributed by atoms with Crippen molar-refractivity contribution in [1.29, 1.82) is 0 Å². The molecule has 0 bridgehead atoms. The van der Waals surface area contributed by atoms with Crippen molar-refractivity contribution in [3.05, 3.63) is 96.1 Å². The van der Waals surface area contributed by atoms with Crippen LogP contribution in [0.3, 0.4) is 0 Å². The Bertz CT molecular complexity index is 1370. The van der Waals surface area contributed by atoms with Gasteiger partial charge in [-0.1, -0.05) is 92.7 Å². The van der Waals surface area contributed by atoms with Crippen molar-refractivity contribution in [2.75, 3.05) is 5.73 Å². The lowest BCUT2D eigenvalue weighted by Crippen LogP contribution is -2.07. The van der Waals surface area contributed by atoms with Gasteiger partial charge in [0.1, 0.15) is 5.78 Å². The first-order chi connectivity index (χ1) is 15.7. The van der Waals surface area contributed by atoms with Gasteiger partial charge < -0.3 is 5.73 Å². The average molecular weight is 422 g/mol. The van der Waals surface area contributed by atoms with E-state index in [1.54, 1.807) is 0 Å². The minimum absolute atomic E-state index is 0.209. The molecule has 32 heavy (non-hydrogen) atoms. The number of anilines is 1. The molecule has 0 aliphatic carbocycles. The molecule has 0 spiro atoms. The van der Waals surface area contributed by atoms with Crippen LogP contribution in [-0.4, -0.2) is 16.0 Å². The highest BCUT2D eigenvalue weighted by Crippen LogP contribution is 2.36. The van der Waals surface area contributed by atoms with Gasteiger partial charge in [-0.15, -0.1) is 0 Å². The molecule has 0 unspecified atom stereocenters. The topological polar surface area (TPSA) is 71.8 Å². The number of hydrogen-bond acceptors (Lipinski definition) is 3. The van der Waals surface area contributed by atoms with Crippen LogP contribution in [0.25, 0.3) is 32.8 Å². The van der Waals surface area contributed by atoms with E-state index in [0.29, 0.717) is 18.7 Å². The normalized spacial score (nSPS) is 10.7. The summed E-state index contributed by atoms with van der Waals surface area (Å²) in [6.45, 7) is 4.00. The van der Waals surface area contributed by atoms with Crippen LogP contribution in [0.15, 0.2) is 84.9 Å². The summed E-state index contributed by atoms with van der Waals surface area (Å²) < 4.78 is 0. The predicted molar refractivity (Wildman–Crippen MR) is 134 cm³/mol.